The van der Waals surface area contributed by atoms with Gasteiger partial charge in [0.25, 0.3) is 0 Å². The summed E-state index contributed by atoms with van der Waals surface area (Å²) in [6, 6.07) is 15.2. The van der Waals surface area contributed by atoms with Crippen LogP contribution in [0.5, 0.6) is 5.75 Å². The maximum Gasteiger partial charge on any atom is 0.337 e. The van der Waals surface area contributed by atoms with Gasteiger partial charge >= 0.3 is 12.0 Å². The monoisotopic (exact) mass is 397 g/mol. The molecule has 1 saturated heterocycles. The number of amides is 2. The van der Waals surface area contributed by atoms with Crippen LogP contribution >= 0.6 is 0 Å². The van der Waals surface area contributed by atoms with Crippen LogP contribution in [0.25, 0.3) is 0 Å². The first-order valence-electron chi connectivity index (χ1n) is 9.69. The van der Waals surface area contributed by atoms with E-state index in [0.717, 1.165) is 36.5 Å². The number of carbonyl (C=O) groups excluding carboxylic acids is 2. The number of piperazine rings is 1. The van der Waals surface area contributed by atoms with Gasteiger partial charge in [0.1, 0.15) is 5.75 Å². The van der Waals surface area contributed by atoms with Gasteiger partial charge in [-0.1, -0.05) is 12.1 Å². The van der Waals surface area contributed by atoms with Crippen LogP contribution in [0.4, 0.5) is 10.5 Å². The minimum Gasteiger partial charge on any atom is -0.497 e. The number of hydrogen-bond donors (Lipinski definition) is 1. The summed E-state index contributed by atoms with van der Waals surface area (Å²) in [6.07, 6.45) is 0.759. The van der Waals surface area contributed by atoms with Crippen LogP contribution in [-0.2, 0) is 11.2 Å². The molecule has 0 atom stereocenters. The first-order chi connectivity index (χ1) is 14.1. The van der Waals surface area contributed by atoms with Crippen LogP contribution in [0.1, 0.15) is 15.9 Å². The molecule has 0 aliphatic carbocycles. The van der Waals surface area contributed by atoms with Gasteiger partial charge in [0, 0.05) is 38.4 Å². The molecule has 29 heavy (non-hydrogen) atoms. The largest absolute Gasteiger partial charge is 0.497 e. The summed E-state index contributed by atoms with van der Waals surface area (Å²) in [5.41, 5.74) is 2.70. The van der Waals surface area contributed by atoms with Crippen LogP contribution in [0, 0.1) is 0 Å². The van der Waals surface area contributed by atoms with Crippen LogP contribution < -0.4 is 15.0 Å². The molecule has 1 N–H and O–H groups in total. The number of rotatable bonds is 6. The van der Waals surface area contributed by atoms with E-state index in [0.29, 0.717) is 25.2 Å². The number of anilines is 1. The zero-order valence-electron chi connectivity index (χ0n) is 16.9. The molecule has 1 aliphatic rings. The lowest BCUT2D eigenvalue weighted by Crippen LogP contribution is -2.52. The van der Waals surface area contributed by atoms with Gasteiger partial charge in [-0.15, -0.1) is 0 Å². The average molecular weight is 397 g/mol. The molecule has 0 bridgehead atoms. The maximum absolute atomic E-state index is 12.4. The molecule has 0 aromatic heterocycles. The van der Waals surface area contributed by atoms with Crippen molar-refractivity contribution < 1.29 is 19.1 Å². The van der Waals surface area contributed by atoms with E-state index in [-0.39, 0.29) is 12.0 Å². The van der Waals surface area contributed by atoms with Gasteiger partial charge in [-0.3, -0.25) is 0 Å². The van der Waals surface area contributed by atoms with Gasteiger partial charge in [-0.25, -0.2) is 9.59 Å². The van der Waals surface area contributed by atoms with Crippen molar-refractivity contribution in [2.75, 3.05) is 51.8 Å². The Morgan fingerprint density at radius 1 is 1.00 bits per heavy atom. The van der Waals surface area contributed by atoms with Gasteiger partial charge in [0.2, 0.25) is 0 Å². The fourth-order valence-electron chi connectivity index (χ4n) is 3.35. The molecule has 154 valence electrons. The van der Waals surface area contributed by atoms with Gasteiger partial charge < -0.3 is 24.6 Å². The summed E-state index contributed by atoms with van der Waals surface area (Å²) < 4.78 is 9.95. The number of carbonyl (C=O) groups is 2. The molecule has 1 fully saturated rings. The SMILES string of the molecule is COC(=O)c1ccc(N2CCN(C(=O)NCCc3cccc(OC)c3)CC2)cc1. The zero-order chi connectivity index (χ0) is 20.6. The number of ether oxygens (including phenoxy) is 2. The maximum atomic E-state index is 12.4. The number of nitrogens with one attached hydrogen (secondary N) is 1. The topological polar surface area (TPSA) is 71.1 Å². The molecule has 7 nitrogen and oxygen atoms in total. The third-order valence-corrected chi connectivity index (χ3v) is 5.04. The average Bonchev–Trinajstić information content (AvgIpc) is 2.79. The Balaban J connectivity index is 1.43. The summed E-state index contributed by atoms with van der Waals surface area (Å²) in [4.78, 5) is 28.0. The molecule has 0 saturated carbocycles. The molecule has 7 heteroatoms. The molecule has 1 aliphatic heterocycles. The normalized spacial score (nSPS) is 13.7. The third-order valence-electron chi connectivity index (χ3n) is 5.04. The Kier molecular flexibility index (Phi) is 6.94. The summed E-state index contributed by atoms with van der Waals surface area (Å²) in [7, 11) is 3.02. The first kappa shape index (κ1) is 20.5. The van der Waals surface area contributed by atoms with E-state index in [1.54, 1.807) is 19.2 Å². The number of methoxy groups -OCH3 is 2. The Hall–Kier alpha value is -3.22. The van der Waals surface area contributed by atoms with Crippen LogP contribution in [0.2, 0.25) is 0 Å². The third kappa shape index (κ3) is 5.40. The molecule has 2 aromatic carbocycles. The first-order valence-corrected chi connectivity index (χ1v) is 9.69. The van der Waals surface area contributed by atoms with Crippen molar-refractivity contribution >= 4 is 17.7 Å². The summed E-state index contributed by atoms with van der Waals surface area (Å²) in [5, 5.41) is 3.00. The van der Waals surface area contributed by atoms with E-state index in [1.165, 1.54) is 7.11 Å². The summed E-state index contributed by atoms with van der Waals surface area (Å²) in [6.45, 7) is 3.40. The Morgan fingerprint density at radius 3 is 2.38 bits per heavy atom. The highest BCUT2D eigenvalue weighted by molar-refractivity contribution is 5.89. The van der Waals surface area contributed by atoms with Gasteiger partial charge in [-0.05, 0) is 48.4 Å². The van der Waals surface area contributed by atoms with Crippen molar-refractivity contribution in [2.24, 2.45) is 0 Å². The smallest absolute Gasteiger partial charge is 0.337 e. The van der Waals surface area contributed by atoms with E-state index >= 15 is 0 Å². The minimum atomic E-state index is -0.341. The van der Waals surface area contributed by atoms with Crippen molar-refractivity contribution in [1.29, 1.82) is 0 Å². The van der Waals surface area contributed by atoms with E-state index in [2.05, 4.69) is 10.2 Å². The lowest BCUT2D eigenvalue weighted by molar-refractivity contribution is 0.0600. The van der Waals surface area contributed by atoms with Gasteiger partial charge in [0.15, 0.2) is 0 Å². The van der Waals surface area contributed by atoms with Crippen molar-refractivity contribution in [3.05, 3.63) is 59.7 Å². The van der Waals surface area contributed by atoms with E-state index < -0.39 is 0 Å². The molecule has 1 heterocycles. The van der Waals surface area contributed by atoms with Crippen LogP contribution in [-0.4, -0.2) is 63.8 Å². The van der Waals surface area contributed by atoms with Gasteiger partial charge in [0.05, 0.1) is 19.8 Å². The molecular weight excluding hydrogens is 370 g/mol. The van der Waals surface area contributed by atoms with E-state index in [9.17, 15) is 9.59 Å². The molecule has 3 rings (SSSR count). The lowest BCUT2D eigenvalue weighted by atomic mass is 10.1. The standard InChI is InChI=1S/C22H27N3O4/c1-28-20-5-3-4-17(16-20)10-11-23-22(27)25-14-12-24(13-15-25)19-8-6-18(7-9-19)21(26)29-2/h3-9,16H,10-15H2,1-2H3,(H,23,27). The van der Waals surface area contributed by atoms with Gasteiger partial charge in [-0.2, -0.15) is 0 Å². The second kappa shape index (κ2) is 9.82. The van der Waals surface area contributed by atoms with Crippen molar-refractivity contribution in [3.63, 3.8) is 0 Å². The zero-order valence-corrected chi connectivity index (χ0v) is 16.9. The van der Waals surface area contributed by atoms with Crippen molar-refractivity contribution in [3.8, 4) is 5.75 Å². The number of nitrogens with zero attached hydrogens (tertiary/aromatic N) is 2. The highest BCUT2D eigenvalue weighted by atomic mass is 16.5. The number of benzene rings is 2. The van der Waals surface area contributed by atoms with E-state index in [1.807, 2.05) is 41.3 Å². The molecule has 2 amide bonds. The molecular formula is C22H27N3O4. The predicted octanol–water partition coefficient (Wildman–Crippen LogP) is 2.56. The van der Waals surface area contributed by atoms with E-state index in [4.69, 9.17) is 9.47 Å². The van der Waals surface area contributed by atoms with Crippen molar-refractivity contribution in [2.45, 2.75) is 6.42 Å². The molecule has 0 unspecified atom stereocenters. The van der Waals surface area contributed by atoms with Crippen LogP contribution in [0.3, 0.4) is 0 Å². The number of urea groups is 1. The lowest BCUT2D eigenvalue weighted by Gasteiger charge is -2.36. The predicted molar refractivity (Wildman–Crippen MR) is 112 cm³/mol. The quantitative estimate of drug-likeness (QED) is 0.759. The Morgan fingerprint density at radius 2 is 1.72 bits per heavy atom. The number of esters is 1. The highest BCUT2D eigenvalue weighted by Crippen LogP contribution is 2.18. The number of hydrogen-bond acceptors (Lipinski definition) is 5. The van der Waals surface area contributed by atoms with Crippen LogP contribution in [0.15, 0.2) is 48.5 Å². The minimum absolute atomic E-state index is 0.0337. The summed E-state index contributed by atoms with van der Waals surface area (Å²) >= 11 is 0. The second-order valence-electron chi connectivity index (χ2n) is 6.85. The Labute approximate surface area is 171 Å². The fourth-order valence-corrected chi connectivity index (χ4v) is 3.35. The summed E-state index contributed by atoms with van der Waals surface area (Å²) in [5.74, 6) is 0.483. The molecule has 0 spiro atoms. The molecule has 0 radical (unpaired) electrons. The Bertz CT molecular complexity index is 830. The molecule has 2 aromatic rings. The fraction of sp³-hybridized carbons (Fsp3) is 0.364. The highest BCUT2D eigenvalue weighted by Gasteiger charge is 2.21. The van der Waals surface area contributed by atoms with Crippen molar-refractivity contribution in [1.82, 2.24) is 10.2 Å². The second-order valence-corrected chi connectivity index (χ2v) is 6.85.